The van der Waals surface area contributed by atoms with E-state index in [1.165, 1.54) is 60.3 Å². The predicted molar refractivity (Wildman–Crippen MR) is 148 cm³/mol. The largest absolute Gasteiger partial charge is 0.455 e. The molecule has 0 radical (unpaired) electrons. The molecule has 2 heteroatoms. The third-order valence-corrected chi connectivity index (χ3v) is 7.62. The Labute approximate surface area is 208 Å². The molecule has 1 aromatic heterocycles. The number of hydrogen-bond donors (Lipinski definition) is 0. The van der Waals surface area contributed by atoms with Crippen LogP contribution in [0.4, 0.5) is 0 Å². The first-order valence-electron chi connectivity index (χ1n) is 12.8. The van der Waals surface area contributed by atoms with E-state index in [-0.39, 0.29) is 5.41 Å². The van der Waals surface area contributed by atoms with Crippen molar-refractivity contribution in [1.82, 2.24) is 0 Å². The van der Waals surface area contributed by atoms with Gasteiger partial charge < -0.3 is 4.74 Å². The van der Waals surface area contributed by atoms with E-state index in [1.807, 2.05) is 0 Å². The summed E-state index contributed by atoms with van der Waals surface area (Å²) in [6.45, 7) is 13.8. The van der Waals surface area contributed by atoms with Gasteiger partial charge in [-0.2, -0.15) is 0 Å². The monoisotopic (exact) mass is 460 g/mol. The Morgan fingerprint density at radius 3 is 2.34 bits per heavy atom. The van der Waals surface area contributed by atoms with Crippen molar-refractivity contribution in [2.24, 2.45) is 13.0 Å². The molecule has 2 nitrogen and oxygen atoms in total. The Morgan fingerprint density at radius 1 is 0.886 bits per heavy atom. The quantitative estimate of drug-likeness (QED) is 0.186. The third kappa shape index (κ3) is 3.19. The number of aryl methyl sites for hydroxylation is 2. The van der Waals surface area contributed by atoms with Crippen LogP contribution in [0.3, 0.4) is 0 Å². The molecule has 0 atom stereocenters. The Bertz CT molecular complexity index is 1670. The van der Waals surface area contributed by atoms with Gasteiger partial charge in [0.05, 0.1) is 10.9 Å². The molecule has 176 valence electrons. The van der Waals surface area contributed by atoms with Crippen LogP contribution in [-0.2, 0) is 18.9 Å². The molecule has 1 aliphatic heterocycles. The fourth-order valence-electron chi connectivity index (χ4n) is 6.09. The smallest absolute Gasteiger partial charge is 0.228 e. The molecular weight excluding hydrogens is 426 g/mol. The van der Waals surface area contributed by atoms with Crippen LogP contribution >= 0.6 is 0 Å². The summed E-state index contributed by atoms with van der Waals surface area (Å²) < 4.78 is 9.24. The number of nitrogens with zero attached hydrogens (tertiary/aromatic N) is 1. The van der Waals surface area contributed by atoms with Crippen LogP contribution < -0.4 is 9.30 Å². The first kappa shape index (κ1) is 22.1. The lowest BCUT2D eigenvalue weighted by atomic mass is 9.81. The van der Waals surface area contributed by atoms with Crippen molar-refractivity contribution >= 4 is 32.3 Å². The Kier molecular flexibility index (Phi) is 4.77. The van der Waals surface area contributed by atoms with E-state index < -0.39 is 0 Å². The molecule has 0 saturated heterocycles. The summed E-state index contributed by atoms with van der Waals surface area (Å²) in [4.78, 5) is 0. The first-order valence-corrected chi connectivity index (χ1v) is 12.8. The van der Waals surface area contributed by atoms with E-state index in [4.69, 9.17) is 4.74 Å². The van der Waals surface area contributed by atoms with E-state index in [1.54, 1.807) is 0 Å². The molecule has 2 heterocycles. The minimum Gasteiger partial charge on any atom is -0.455 e. The zero-order valence-electron chi connectivity index (χ0n) is 21.9. The highest BCUT2D eigenvalue weighted by Crippen LogP contribution is 2.52. The maximum Gasteiger partial charge on any atom is 0.228 e. The molecule has 0 N–H and O–H groups in total. The summed E-state index contributed by atoms with van der Waals surface area (Å²) in [6.07, 6.45) is 3.21. The van der Waals surface area contributed by atoms with Crippen molar-refractivity contribution < 1.29 is 9.30 Å². The van der Waals surface area contributed by atoms with E-state index in [0.717, 1.165) is 17.9 Å². The average molecular weight is 461 g/mol. The molecule has 6 rings (SSSR count). The second-order valence-electron chi connectivity index (χ2n) is 11.6. The standard InChI is InChI=1S/C33H34NO/c1-19(2)17-25-23-13-9-8-12-22(23)20(3)28-31-30-24(15-16-34(31)7)29-21(18-27(30)35-32(25)28)11-10-14-26(29)33(4,5)6/h8-16,18-19H,17H2,1-7H3/q+1. The second kappa shape index (κ2) is 7.55. The lowest BCUT2D eigenvalue weighted by molar-refractivity contribution is -0.659. The van der Waals surface area contributed by atoms with Gasteiger partial charge in [0.25, 0.3) is 0 Å². The fourth-order valence-corrected chi connectivity index (χ4v) is 6.09. The highest BCUT2D eigenvalue weighted by atomic mass is 16.5. The van der Waals surface area contributed by atoms with Crippen LogP contribution in [0.2, 0.25) is 0 Å². The van der Waals surface area contributed by atoms with E-state index in [9.17, 15) is 0 Å². The van der Waals surface area contributed by atoms with Crippen LogP contribution in [0, 0.1) is 12.8 Å². The van der Waals surface area contributed by atoms with Gasteiger partial charge in [-0.15, -0.1) is 0 Å². The third-order valence-electron chi connectivity index (χ3n) is 7.62. The van der Waals surface area contributed by atoms with Gasteiger partial charge in [0.2, 0.25) is 5.69 Å². The topological polar surface area (TPSA) is 13.1 Å². The molecule has 4 aromatic carbocycles. The number of pyridine rings is 1. The van der Waals surface area contributed by atoms with Crippen molar-refractivity contribution in [3.63, 3.8) is 0 Å². The molecular formula is C33H34NO+. The molecule has 0 amide bonds. The predicted octanol–water partition coefficient (Wildman–Crippen LogP) is 8.55. The van der Waals surface area contributed by atoms with Crippen LogP contribution in [0.25, 0.3) is 43.6 Å². The lowest BCUT2D eigenvalue weighted by Gasteiger charge is -2.27. The maximum atomic E-state index is 6.95. The molecule has 0 aliphatic carbocycles. The van der Waals surface area contributed by atoms with Gasteiger partial charge in [-0.05, 0) is 63.4 Å². The number of rotatable bonds is 2. The van der Waals surface area contributed by atoms with Gasteiger partial charge in [0.15, 0.2) is 6.20 Å². The SMILES string of the molecule is Cc1c2c(c(CC(C)C)c3ccccc13)Oc1cc3cccc(C(C)(C)C)c3c3cc[n+](C)c-2c13. The van der Waals surface area contributed by atoms with Crippen molar-refractivity contribution in [2.75, 3.05) is 0 Å². The van der Waals surface area contributed by atoms with Crippen molar-refractivity contribution in [3.05, 3.63) is 77.5 Å². The highest BCUT2D eigenvalue weighted by molar-refractivity contribution is 6.17. The molecule has 5 aromatic rings. The molecule has 0 bridgehead atoms. The van der Waals surface area contributed by atoms with Crippen molar-refractivity contribution in [3.8, 4) is 22.8 Å². The number of hydrogen-bond acceptors (Lipinski definition) is 1. The summed E-state index contributed by atoms with van der Waals surface area (Å²) in [5.41, 5.74) is 6.54. The molecule has 0 saturated carbocycles. The van der Waals surface area contributed by atoms with Gasteiger partial charge in [-0.1, -0.05) is 77.1 Å². The van der Waals surface area contributed by atoms with Crippen LogP contribution in [0.1, 0.15) is 51.3 Å². The van der Waals surface area contributed by atoms with Crippen LogP contribution in [0.15, 0.2) is 60.8 Å². The molecule has 35 heavy (non-hydrogen) atoms. The first-order chi connectivity index (χ1) is 16.7. The maximum absolute atomic E-state index is 6.95. The van der Waals surface area contributed by atoms with Gasteiger partial charge in [0, 0.05) is 17.0 Å². The number of fused-ring (bicyclic) bond motifs is 5. The highest BCUT2D eigenvalue weighted by Gasteiger charge is 2.34. The molecule has 0 spiro atoms. The van der Waals surface area contributed by atoms with E-state index in [0.29, 0.717) is 5.92 Å². The normalized spacial score (nSPS) is 13.0. The number of aromatic nitrogens is 1. The fraction of sp³-hybridized carbons (Fsp3) is 0.303. The van der Waals surface area contributed by atoms with Gasteiger partial charge in [-0.3, -0.25) is 0 Å². The second-order valence-corrected chi connectivity index (χ2v) is 11.6. The number of benzene rings is 4. The average Bonchev–Trinajstić information content (AvgIpc) is 2.81. The zero-order chi connectivity index (χ0) is 24.6. The summed E-state index contributed by atoms with van der Waals surface area (Å²) in [5.74, 6) is 2.54. The van der Waals surface area contributed by atoms with Gasteiger partial charge in [-0.25, -0.2) is 4.57 Å². The zero-order valence-corrected chi connectivity index (χ0v) is 21.9. The summed E-state index contributed by atoms with van der Waals surface area (Å²) in [6, 6.07) is 20.1. The minimum atomic E-state index is 0.0472. The van der Waals surface area contributed by atoms with Crippen molar-refractivity contribution in [1.29, 1.82) is 0 Å². The Morgan fingerprint density at radius 2 is 1.63 bits per heavy atom. The van der Waals surface area contributed by atoms with Crippen molar-refractivity contribution in [2.45, 2.75) is 53.4 Å². The number of ether oxygens (including phenoxy) is 1. The molecule has 0 unspecified atom stereocenters. The Hall–Kier alpha value is -3.39. The molecule has 1 aliphatic rings. The van der Waals surface area contributed by atoms with Crippen LogP contribution in [0.5, 0.6) is 11.5 Å². The summed E-state index contributed by atoms with van der Waals surface area (Å²) in [5, 5.41) is 7.72. The van der Waals surface area contributed by atoms with E-state index in [2.05, 4.69) is 114 Å². The Balaban J connectivity index is 1.82. The van der Waals surface area contributed by atoms with E-state index >= 15 is 0 Å². The van der Waals surface area contributed by atoms with Gasteiger partial charge >= 0.3 is 0 Å². The van der Waals surface area contributed by atoms with Gasteiger partial charge in [0.1, 0.15) is 18.5 Å². The van der Waals surface area contributed by atoms with Crippen LogP contribution in [-0.4, -0.2) is 0 Å². The lowest BCUT2D eigenvalue weighted by Crippen LogP contribution is -2.32. The summed E-state index contributed by atoms with van der Waals surface area (Å²) in [7, 11) is 2.17. The molecule has 0 fully saturated rings. The minimum absolute atomic E-state index is 0.0472. The summed E-state index contributed by atoms with van der Waals surface area (Å²) >= 11 is 0.